The molecule has 0 aromatic carbocycles. The molecule has 1 aromatic rings. The van der Waals surface area contributed by atoms with Gasteiger partial charge < -0.3 is 0 Å². The molecule has 1 aliphatic rings. The van der Waals surface area contributed by atoms with Crippen molar-refractivity contribution in [3.05, 3.63) is 17.0 Å². The predicted molar refractivity (Wildman–Crippen MR) is 67.4 cm³/mol. The van der Waals surface area contributed by atoms with Crippen LogP contribution in [-0.2, 0) is 0 Å². The molecule has 0 aliphatic heterocycles. The summed E-state index contributed by atoms with van der Waals surface area (Å²) in [5.41, 5.74) is 3.41. The Kier molecular flexibility index (Phi) is 3.42. The normalized spacial score (nSPS) is 16.1. The first-order chi connectivity index (χ1) is 7.72. The largest absolute Gasteiger partial charge is 0.258 e. The Morgan fingerprint density at radius 3 is 2.25 bits per heavy atom. The first kappa shape index (κ1) is 11.4. The number of aromatic nitrogens is 2. The Hall–Kier alpha value is -1.12. The third-order valence-corrected chi connectivity index (χ3v) is 3.32. The summed E-state index contributed by atoms with van der Waals surface area (Å²) >= 11 is 4.56. The van der Waals surface area contributed by atoms with Crippen LogP contribution in [0.4, 0.5) is 5.95 Å². The molecular formula is C12H15N3S. The first-order valence-electron chi connectivity index (χ1n) is 5.65. The van der Waals surface area contributed by atoms with Gasteiger partial charge in [-0.3, -0.25) is 0 Å². The van der Waals surface area contributed by atoms with Gasteiger partial charge in [-0.2, -0.15) is 4.99 Å². The van der Waals surface area contributed by atoms with Gasteiger partial charge in [0.15, 0.2) is 0 Å². The third kappa shape index (κ3) is 2.18. The molecule has 0 N–H and O–H groups in total. The SMILES string of the molecule is Cc1nc(N=C=S)nc(C)c1C1CCCC1. The Balaban J connectivity index is 2.42. The minimum Gasteiger partial charge on any atom is -0.216 e. The van der Waals surface area contributed by atoms with Crippen LogP contribution in [0, 0.1) is 13.8 Å². The van der Waals surface area contributed by atoms with Crippen LogP contribution in [0.2, 0.25) is 0 Å². The molecule has 16 heavy (non-hydrogen) atoms. The lowest BCUT2D eigenvalue weighted by Crippen LogP contribution is -2.04. The molecule has 1 saturated carbocycles. The van der Waals surface area contributed by atoms with Crippen molar-refractivity contribution in [1.82, 2.24) is 9.97 Å². The van der Waals surface area contributed by atoms with Crippen LogP contribution < -0.4 is 0 Å². The van der Waals surface area contributed by atoms with Crippen LogP contribution >= 0.6 is 12.2 Å². The van der Waals surface area contributed by atoms with Crippen molar-refractivity contribution in [2.45, 2.75) is 45.4 Å². The summed E-state index contributed by atoms with van der Waals surface area (Å²) in [4.78, 5) is 12.6. The number of aryl methyl sites for hydroxylation is 2. The Morgan fingerprint density at radius 2 is 1.75 bits per heavy atom. The lowest BCUT2D eigenvalue weighted by Gasteiger charge is -2.14. The van der Waals surface area contributed by atoms with Gasteiger partial charge in [0, 0.05) is 11.4 Å². The molecule has 1 aromatic heterocycles. The van der Waals surface area contributed by atoms with Gasteiger partial charge in [0.25, 0.3) is 5.95 Å². The van der Waals surface area contributed by atoms with Crippen LogP contribution in [-0.4, -0.2) is 15.1 Å². The summed E-state index contributed by atoms with van der Waals surface area (Å²) < 4.78 is 0. The highest BCUT2D eigenvalue weighted by molar-refractivity contribution is 7.78. The second-order valence-electron chi connectivity index (χ2n) is 4.29. The molecule has 0 atom stereocenters. The first-order valence-corrected chi connectivity index (χ1v) is 6.06. The lowest BCUT2D eigenvalue weighted by molar-refractivity contribution is 0.698. The van der Waals surface area contributed by atoms with Gasteiger partial charge in [0.05, 0.1) is 5.16 Å². The summed E-state index contributed by atoms with van der Waals surface area (Å²) in [7, 11) is 0. The van der Waals surface area contributed by atoms with Gasteiger partial charge >= 0.3 is 0 Å². The van der Waals surface area contributed by atoms with Crippen molar-refractivity contribution in [3.8, 4) is 0 Å². The van der Waals surface area contributed by atoms with E-state index in [2.05, 4.69) is 32.3 Å². The zero-order valence-electron chi connectivity index (χ0n) is 9.66. The van der Waals surface area contributed by atoms with E-state index in [1.54, 1.807) is 0 Å². The van der Waals surface area contributed by atoms with Gasteiger partial charge in [0.2, 0.25) is 0 Å². The van der Waals surface area contributed by atoms with Crippen LogP contribution in [0.15, 0.2) is 4.99 Å². The molecule has 0 spiro atoms. The second-order valence-corrected chi connectivity index (χ2v) is 4.48. The summed E-state index contributed by atoms with van der Waals surface area (Å²) in [6.45, 7) is 4.06. The Morgan fingerprint density at radius 1 is 1.19 bits per heavy atom. The van der Waals surface area contributed by atoms with Gasteiger partial charge in [-0.15, -0.1) is 0 Å². The van der Waals surface area contributed by atoms with Gasteiger partial charge in [-0.05, 0) is 50.4 Å². The fourth-order valence-electron chi connectivity index (χ4n) is 2.60. The van der Waals surface area contributed by atoms with Crippen molar-refractivity contribution < 1.29 is 0 Å². The molecule has 1 fully saturated rings. The molecular weight excluding hydrogens is 218 g/mol. The molecule has 84 valence electrons. The summed E-state index contributed by atoms with van der Waals surface area (Å²) in [5, 5.41) is 2.31. The Labute approximate surface area is 101 Å². The highest BCUT2D eigenvalue weighted by Gasteiger charge is 2.22. The van der Waals surface area contributed by atoms with Crippen LogP contribution in [0.1, 0.15) is 48.6 Å². The number of hydrogen-bond donors (Lipinski definition) is 0. The minimum absolute atomic E-state index is 0.437. The third-order valence-electron chi connectivity index (χ3n) is 3.22. The molecule has 1 heterocycles. The lowest BCUT2D eigenvalue weighted by atomic mass is 9.95. The van der Waals surface area contributed by atoms with Crippen molar-refractivity contribution in [2.24, 2.45) is 4.99 Å². The highest BCUT2D eigenvalue weighted by Crippen LogP contribution is 2.36. The quantitative estimate of drug-likeness (QED) is 0.579. The average molecular weight is 233 g/mol. The minimum atomic E-state index is 0.437. The van der Waals surface area contributed by atoms with Gasteiger partial charge in [-0.25, -0.2) is 9.97 Å². The number of aliphatic imine (C=N–C) groups is 1. The van der Waals surface area contributed by atoms with Crippen molar-refractivity contribution >= 4 is 23.3 Å². The molecule has 0 amide bonds. The number of hydrogen-bond acceptors (Lipinski definition) is 4. The molecule has 0 bridgehead atoms. The molecule has 0 radical (unpaired) electrons. The van der Waals surface area contributed by atoms with E-state index in [4.69, 9.17) is 0 Å². The molecule has 2 rings (SSSR count). The van der Waals surface area contributed by atoms with E-state index < -0.39 is 0 Å². The maximum atomic E-state index is 4.56. The van der Waals surface area contributed by atoms with Crippen molar-refractivity contribution in [2.75, 3.05) is 0 Å². The number of rotatable bonds is 2. The zero-order valence-corrected chi connectivity index (χ0v) is 10.5. The number of nitrogens with zero attached hydrogens (tertiary/aromatic N) is 3. The summed E-state index contributed by atoms with van der Waals surface area (Å²) in [5.74, 6) is 1.08. The van der Waals surface area contributed by atoms with E-state index in [1.807, 2.05) is 13.8 Å². The molecule has 0 saturated heterocycles. The summed E-state index contributed by atoms with van der Waals surface area (Å²) in [6, 6.07) is 0. The number of isothiocyanates is 1. The van der Waals surface area contributed by atoms with E-state index in [1.165, 1.54) is 31.2 Å². The molecule has 0 unspecified atom stereocenters. The van der Waals surface area contributed by atoms with E-state index in [-0.39, 0.29) is 0 Å². The molecule has 4 heteroatoms. The fourth-order valence-corrected chi connectivity index (χ4v) is 2.69. The van der Waals surface area contributed by atoms with E-state index in [0.29, 0.717) is 11.9 Å². The van der Waals surface area contributed by atoms with Crippen molar-refractivity contribution in [1.29, 1.82) is 0 Å². The molecule has 3 nitrogen and oxygen atoms in total. The van der Waals surface area contributed by atoms with Gasteiger partial charge in [-0.1, -0.05) is 12.8 Å². The Bertz CT molecular complexity index is 421. The average Bonchev–Trinajstić information content (AvgIpc) is 2.70. The van der Waals surface area contributed by atoms with Gasteiger partial charge in [0.1, 0.15) is 0 Å². The predicted octanol–water partition coefficient (Wildman–Crippen LogP) is 3.49. The van der Waals surface area contributed by atoms with E-state index in [9.17, 15) is 0 Å². The van der Waals surface area contributed by atoms with E-state index in [0.717, 1.165) is 11.4 Å². The van der Waals surface area contributed by atoms with Crippen molar-refractivity contribution in [3.63, 3.8) is 0 Å². The highest BCUT2D eigenvalue weighted by atomic mass is 32.1. The number of thiocarbonyl (C=S) groups is 1. The van der Waals surface area contributed by atoms with Crippen LogP contribution in [0.25, 0.3) is 0 Å². The summed E-state index contributed by atoms with van der Waals surface area (Å²) in [6.07, 6.45) is 5.18. The topological polar surface area (TPSA) is 38.1 Å². The maximum Gasteiger partial charge on any atom is 0.258 e. The second kappa shape index (κ2) is 4.81. The van der Waals surface area contributed by atoms with E-state index >= 15 is 0 Å². The fraction of sp³-hybridized carbons (Fsp3) is 0.583. The maximum absolute atomic E-state index is 4.56. The zero-order chi connectivity index (χ0) is 11.5. The standard InChI is InChI=1S/C12H15N3S/c1-8-11(10-5-3-4-6-10)9(2)15-12(14-8)13-7-16/h10H,3-6H2,1-2H3. The van der Waals surface area contributed by atoms with Crippen LogP contribution in [0.5, 0.6) is 0 Å². The monoisotopic (exact) mass is 233 g/mol. The van der Waals surface area contributed by atoms with Crippen LogP contribution in [0.3, 0.4) is 0 Å². The smallest absolute Gasteiger partial charge is 0.216 e. The molecule has 1 aliphatic carbocycles.